The number of nitrogens with zero attached hydrogens (tertiary/aromatic N) is 2. The Balaban J connectivity index is 2.42. The van der Waals surface area contributed by atoms with Crippen LogP contribution in [0.4, 0.5) is 0 Å². The lowest BCUT2D eigenvalue weighted by Gasteiger charge is -2.29. The molecule has 1 saturated heterocycles. The highest BCUT2D eigenvalue weighted by Crippen LogP contribution is 2.16. The van der Waals surface area contributed by atoms with E-state index in [0.29, 0.717) is 25.7 Å². The smallest absolute Gasteiger partial charge is 0.209 e. The predicted octanol–water partition coefficient (Wildman–Crippen LogP) is -0.125. The van der Waals surface area contributed by atoms with Crippen molar-refractivity contribution in [1.82, 2.24) is 14.9 Å². The molecule has 2 N–H and O–H groups in total. The van der Waals surface area contributed by atoms with Crippen molar-refractivity contribution in [2.45, 2.75) is 25.8 Å². The van der Waals surface area contributed by atoms with Crippen LogP contribution < -0.4 is 10.0 Å². The first kappa shape index (κ1) is 21.1. The molecule has 142 valence electrons. The Morgan fingerprint density at radius 2 is 2.08 bits per heavy atom. The van der Waals surface area contributed by atoms with Gasteiger partial charge in [0.05, 0.1) is 26.1 Å². The molecule has 1 aliphatic heterocycles. The molecule has 1 fully saturated rings. The summed E-state index contributed by atoms with van der Waals surface area (Å²) < 4.78 is 36.0. The van der Waals surface area contributed by atoms with E-state index in [0.717, 1.165) is 38.3 Å². The molecule has 0 bridgehead atoms. The molecule has 0 aromatic carbocycles. The van der Waals surface area contributed by atoms with Crippen LogP contribution >= 0.6 is 0 Å². The number of aliphatic imine (C=N–C) groups is 1. The van der Waals surface area contributed by atoms with Gasteiger partial charge in [-0.3, -0.25) is 4.99 Å². The molecule has 8 nitrogen and oxygen atoms in total. The predicted molar refractivity (Wildman–Crippen MR) is 95.8 cm³/mol. The Morgan fingerprint density at radius 1 is 1.38 bits per heavy atom. The van der Waals surface area contributed by atoms with Gasteiger partial charge < -0.3 is 19.7 Å². The van der Waals surface area contributed by atoms with E-state index in [2.05, 4.69) is 19.9 Å². The minimum atomic E-state index is -3.25. The third-order valence-corrected chi connectivity index (χ3v) is 4.66. The second-order valence-electron chi connectivity index (χ2n) is 6.83. The van der Waals surface area contributed by atoms with Gasteiger partial charge in [-0.05, 0) is 20.3 Å². The van der Waals surface area contributed by atoms with Gasteiger partial charge >= 0.3 is 0 Å². The topological polar surface area (TPSA) is 92.3 Å². The molecule has 0 spiro atoms. The quantitative estimate of drug-likeness (QED) is 0.337. The summed E-state index contributed by atoms with van der Waals surface area (Å²) in [7, 11) is 0.151. The zero-order valence-corrected chi connectivity index (χ0v) is 16.3. The molecule has 1 unspecified atom stereocenters. The molecule has 1 heterocycles. The van der Waals surface area contributed by atoms with Crippen LogP contribution in [0.15, 0.2) is 4.99 Å². The maximum atomic E-state index is 11.4. The number of nitrogens with one attached hydrogen (secondary N) is 2. The van der Waals surface area contributed by atoms with E-state index >= 15 is 0 Å². The van der Waals surface area contributed by atoms with Gasteiger partial charge in [0.25, 0.3) is 0 Å². The van der Waals surface area contributed by atoms with Crippen LogP contribution in [0, 0.1) is 5.92 Å². The summed E-state index contributed by atoms with van der Waals surface area (Å²) in [5.41, 5.74) is -0.591. The maximum Gasteiger partial charge on any atom is 0.209 e. The Labute approximate surface area is 146 Å². The molecule has 1 rings (SSSR count). The standard InChI is InChI=1S/C15H32N4O4S/c1-15(2,18-24(5,20)21)12-17-14(16-3)19-7-6-13(10-19)11-23-9-8-22-4/h13,18H,6-12H2,1-5H3,(H,16,17). The van der Waals surface area contributed by atoms with E-state index < -0.39 is 15.6 Å². The van der Waals surface area contributed by atoms with Gasteiger partial charge in [-0.2, -0.15) is 0 Å². The van der Waals surface area contributed by atoms with Gasteiger partial charge in [0.15, 0.2) is 5.96 Å². The van der Waals surface area contributed by atoms with E-state index in [1.165, 1.54) is 0 Å². The lowest BCUT2D eigenvalue weighted by molar-refractivity contribution is 0.0536. The van der Waals surface area contributed by atoms with Gasteiger partial charge in [-0.25, -0.2) is 13.1 Å². The summed E-state index contributed by atoms with van der Waals surface area (Å²) >= 11 is 0. The zero-order valence-electron chi connectivity index (χ0n) is 15.5. The highest BCUT2D eigenvalue weighted by atomic mass is 32.2. The van der Waals surface area contributed by atoms with E-state index in [1.54, 1.807) is 14.2 Å². The monoisotopic (exact) mass is 364 g/mol. The van der Waals surface area contributed by atoms with Crippen LogP contribution in [0.1, 0.15) is 20.3 Å². The Bertz CT molecular complexity index is 508. The van der Waals surface area contributed by atoms with Gasteiger partial charge in [-0.1, -0.05) is 0 Å². The first-order chi connectivity index (χ1) is 11.2. The lowest BCUT2D eigenvalue weighted by atomic mass is 10.1. The average molecular weight is 365 g/mol. The minimum Gasteiger partial charge on any atom is -0.382 e. The highest BCUT2D eigenvalue weighted by molar-refractivity contribution is 7.88. The zero-order chi connectivity index (χ0) is 18.2. The van der Waals surface area contributed by atoms with Crippen LogP contribution in [0.25, 0.3) is 0 Å². The third-order valence-electron chi connectivity index (χ3n) is 3.73. The van der Waals surface area contributed by atoms with Crippen molar-refractivity contribution in [3.8, 4) is 0 Å². The van der Waals surface area contributed by atoms with Crippen molar-refractivity contribution < 1.29 is 17.9 Å². The van der Waals surface area contributed by atoms with Crippen LogP contribution in [0.2, 0.25) is 0 Å². The number of sulfonamides is 1. The third kappa shape index (κ3) is 8.27. The van der Waals surface area contributed by atoms with E-state index in [1.807, 2.05) is 13.8 Å². The lowest BCUT2D eigenvalue weighted by Crippen LogP contribution is -2.53. The number of likely N-dealkylation sites (tertiary alicyclic amines) is 1. The normalized spacial score (nSPS) is 19.8. The fourth-order valence-corrected chi connectivity index (χ4v) is 3.80. The molecule has 0 amide bonds. The first-order valence-corrected chi connectivity index (χ1v) is 10.1. The van der Waals surface area contributed by atoms with E-state index in [-0.39, 0.29) is 0 Å². The molecular weight excluding hydrogens is 332 g/mol. The van der Waals surface area contributed by atoms with Crippen molar-refractivity contribution >= 4 is 16.0 Å². The molecular formula is C15H32N4O4S. The molecule has 0 aliphatic carbocycles. The van der Waals surface area contributed by atoms with Gasteiger partial charge in [0.2, 0.25) is 10.0 Å². The van der Waals surface area contributed by atoms with Crippen molar-refractivity contribution in [2.75, 3.05) is 59.9 Å². The largest absolute Gasteiger partial charge is 0.382 e. The van der Waals surface area contributed by atoms with Crippen molar-refractivity contribution in [2.24, 2.45) is 10.9 Å². The summed E-state index contributed by atoms with van der Waals surface area (Å²) in [4.78, 5) is 6.49. The van der Waals surface area contributed by atoms with Crippen molar-refractivity contribution in [1.29, 1.82) is 0 Å². The number of hydrogen-bond acceptors (Lipinski definition) is 5. The summed E-state index contributed by atoms with van der Waals surface area (Å²) in [5.74, 6) is 1.26. The molecule has 1 aliphatic rings. The number of hydrogen-bond donors (Lipinski definition) is 2. The molecule has 1 atom stereocenters. The number of rotatable bonds is 9. The number of ether oxygens (including phenoxy) is 2. The summed E-state index contributed by atoms with van der Waals surface area (Å²) in [5, 5.41) is 3.26. The van der Waals surface area contributed by atoms with Crippen LogP contribution in [-0.4, -0.2) is 84.7 Å². The second-order valence-corrected chi connectivity index (χ2v) is 8.58. The molecule has 0 aromatic rings. The second kappa shape index (κ2) is 9.55. The van der Waals surface area contributed by atoms with Gasteiger partial charge in [0.1, 0.15) is 0 Å². The van der Waals surface area contributed by atoms with E-state index in [4.69, 9.17) is 9.47 Å². The fraction of sp³-hybridized carbons (Fsp3) is 0.933. The highest BCUT2D eigenvalue weighted by Gasteiger charge is 2.27. The molecule has 24 heavy (non-hydrogen) atoms. The molecule has 0 aromatic heterocycles. The number of guanidine groups is 1. The Hall–Kier alpha value is -0.900. The molecule has 0 radical (unpaired) electrons. The Morgan fingerprint density at radius 3 is 2.67 bits per heavy atom. The van der Waals surface area contributed by atoms with Gasteiger partial charge in [-0.15, -0.1) is 0 Å². The number of methoxy groups -OCH3 is 1. The maximum absolute atomic E-state index is 11.4. The first-order valence-electron chi connectivity index (χ1n) is 8.18. The summed E-state index contributed by atoms with van der Waals surface area (Å²) in [6.45, 7) is 7.88. The minimum absolute atomic E-state index is 0.457. The summed E-state index contributed by atoms with van der Waals surface area (Å²) in [6.07, 6.45) is 2.22. The Kier molecular flexibility index (Phi) is 8.41. The van der Waals surface area contributed by atoms with E-state index in [9.17, 15) is 8.42 Å². The fourth-order valence-electron chi connectivity index (χ4n) is 2.72. The van der Waals surface area contributed by atoms with Crippen molar-refractivity contribution in [3.05, 3.63) is 0 Å². The average Bonchev–Trinajstić information content (AvgIpc) is 2.90. The molecule has 0 saturated carbocycles. The van der Waals surface area contributed by atoms with Gasteiger partial charge in [0, 0.05) is 45.2 Å². The van der Waals surface area contributed by atoms with Crippen LogP contribution in [-0.2, 0) is 19.5 Å². The molecule has 9 heteroatoms. The van der Waals surface area contributed by atoms with Crippen LogP contribution in [0.3, 0.4) is 0 Å². The van der Waals surface area contributed by atoms with Crippen molar-refractivity contribution in [3.63, 3.8) is 0 Å². The summed E-state index contributed by atoms with van der Waals surface area (Å²) in [6, 6.07) is 0. The van der Waals surface area contributed by atoms with Crippen LogP contribution in [0.5, 0.6) is 0 Å². The SMILES string of the molecule is CN=C(NCC(C)(C)NS(C)(=O)=O)N1CCC(COCCOC)C1.